The fourth-order valence-electron chi connectivity index (χ4n) is 0.543. The van der Waals surface area contributed by atoms with Gasteiger partial charge in [-0.1, -0.05) is 27.5 Å². The zero-order valence-electron chi connectivity index (χ0n) is 4.87. The molecule has 1 rings (SSSR count). The molecule has 0 saturated heterocycles. The lowest BCUT2D eigenvalue weighted by Crippen LogP contribution is -1.82. The Kier molecular flexibility index (Phi) is 2.32. The average Bonchev–Trinajstić information content (AvgIpc) is 1.93. The summed E-state index contributed by atoms with van der Waals surface area (Å²) in [6, 6.07) is 2.76. The van der Waals surface area contributed by atoms with E-state index in [0.717, 1.165) is 0 Å². The van der Waals surface area contributed by atoms with E-state index in [1.54, 1.807) is 0 Å². The van der Waals surface area contributed by atoms with Crippen LogP contribution in [0.1, 0.15) is 5.56 Å². The summed E-state index contributed by atoms with van der Waals surface area (Å²) in [6.07, 6.45) is 0. The van der Waals surface area contributed by atoms with Gasteiger partial charge in [-0.2, -0.15) is 0 Å². The first-order chi connectivity index (χ1) is 4.63. The molecule has 10 heavy (non-hydrogen) atoms. The molecule has 0 atom stereocenters. The van der Waals surface area contributed by atoms with Crippen LogP contribution in [0.15, 0.2) is 16.6 Å². The highest BCUT2D eigenvalue weighted by molar-refractivity contribution is 9.10. The van der Waals surface area contributed by atoms with Gasteiger partial charge in [0, 0.05) is 11.4 Å². The van der Waals surface area contributed by atoms with Crippen molar-refractivity contribution in [2.75, 3.05) is 0 Å². The zero-order valence-corrected chi connectivity index (χ0v) is 7.21. The van der Waals surface area contributed by atoms with E-state index in [-0.39, 0.29) is 10.6 Å². The van der Waals surface area contributed by atoms with Crippen LogP contribution in [0.4, 0.5) is 4.39 Å². The molecule has 0 N–H and O–H groups in total. The van der Waals surface area contributed by atoms with Crippen molar-refractivity contribution in [3.05, 3.63) is 39.9 Å². The van der Waals surface area contributed by atoms with Gasteiger partial charge in [-0.05, 0) is 17.7 Å². The lowest BCUT2D eigenvalue weighted by molar-refractivity contribution is 0.627. The fourth-order valence-corrected chi connectivity index (χ4v) is 1.15. The van der Waals surface area contributed by atoms with Crippen molar-refractivity contribution in [2.45, 2.75) is 0 Å². The first-order valence-electron chi connectivity index (χ1n) is 2.52. The molecular weight excluding hydrogens is 218 g/mol. The Morgan fingerprint density at radius 3 is 2.60 bits per heavy atom. The van der Waals surface area contributed by atoms with E-state index in [2.05, 4.69) is 15.9 Å². The van der Waals surface area contributed by atoms with E-state index in [9.17, 15) is 4.39 Å². The molecule has 0 aliphatic rings. The van der Waals surface area contributed by atoms with Crippen LogP contribution in [0.5, 0.6) is 0 Å². The number of halogens is 3. The SMILES string of the molecule is [CH]c1c(Br)ccc(F)c1Cl. The molecule has 0 nitrogen and oxygen atoms in total. The van der Waals surface area contributed by atoms with Crippen molar-refractivity contribution in [2.24, 2.45) is 0 Å². The average molecular weight is 221 g/mol. The molecule has 1 aromatic rings. The van der Waals surface area contributed by atoms with Gasteiger partial charge in [-0.15, -0.1) is 0 Å². The van der Waals surface area contributed by atoms with Crippen molar-refractivity contribution in [1.82, 2.24) is 0 Å². The number of hydrogen-bond donors (Lipinski definition) is 0. The fraction of sp³-hybridized carbons (Fsp3) is 0. The first kappa shape index (κ1) is 8.02. The molecular formula is C7H3BrClF. The van der Waals surface area contributed by atoms with Crippen molar-refractivity contribution in [3.63, 3.8) is 0 Å². The molecule has 3 heteroatoms. The van der Waals surface area contributed by atoms with Crippen LogP contribution < -0.4 is 0 Å². The Bertz CT molecular complexity index is 233. The van der Waals surface area contributed by atoms with E-state index in [1.165, 1.54) is 12.1 Å². The van der Waals surface area contributed by atoms with Gasteiger partial charge in [0.1, 0.15) is 5.82 Å². The molecule has 0 spiro atoms. The molecule has 0 amide bonds. The topological polar surface area (TPSA) is 0 Å². The van der Waals surface area contributed by atoms with Gasteiger partial charge in [0.2, 0.25) is 0 Å². The van der Waals surface area contributed by atoms with Crippen LogP contribution >= 0.6 is 27.5 Å². The standard InChI is InChI=1S/C7H3BrClF/c1-4-5(8)2-3-6(10)7(4)9/h1-3H. The maximum Gasteiger partial charge on any atom is 0.142 e. The van der Waals surface area contributed by atoms with Gasteiger partial charge < -0.3 is 0 Å². The molecule has 0 unspecified atom stereocenters. The third-order valence-electron chi connectivity index (χ3n) is 1.08. The quantitative estimate of drug-likeness (QED) is 0.590. The second-order valence-electron chi connectivity index (χ2n) is 1.76. The predicted octanol–water partition coefficient (Wildman–Crippen LogP) is 3.30. The Labute approximate surface area is 72.1 Å². The zero-order chi connectivity index (χ0) is 7.72. The van der Waals surface area contributed by atoms with Crippen molar-refractivity contribution in [1.29, 1.82) is 0 Å². The molecule has 0 aromatic heterocycles. The van der Waals surface area contributed by atoms with Gasteiger partial charge >= 0.3 is 0 Å². The van der Waals surface area contributed by atoms with Gasteiger partial charge in [-0.25, -0.2) is 4.39 Å². The smallest absolute Gasteiger partial charge is 0.142 e. The summed E-state index contributed by atoms with van der Waals surface area (Å²) in [7, 11) is 0. The number of benzene rings is 1. The second kappa shape index (κ2) is 2.89. The molecule has 0 aliphatic heterocycles. The van der Waals surface area contributed by atoms with Gasteiger partial charge in [0.15, 0.2) is 0 Å². The Morgan fingerprint density at radius 1 is 1.50 bits per heavy atom. The third-order valence-corrected chi connectivity index (χ3v) is 2.16. The Hall–Kier alpha value is -0.0800. The molecule has 0 heterocycles. The normalized spacial score (nSPS) is 10.0. The molecule has 0 fully saturated rings. The van der Waals surface area contributed by atoms with Crippen molar-refractivity contribution in [3.8, 4) is 0 Å². The largest absolute Gasteiger partial charge is 0.205 e. The summed E-state index contributed by atoms with van der Waals surface area (Å²) in [5.41, 5.74) is 0.238. The summed E-state index contributed by atoms with van der Waals surface area (Å²) in [5, 5.41) is -0.0330. The molecule has 0 bridgehead atoms. The lowest BCUT2D eigenvalue weighted by atomic mass is 10.2. The Morgan fingerprint density at radius 2 is 2.10 bits per heavy atom. The van der Waals surface area contributed by atoms with Crippen molar-refractivity contribution >= 4 is 27.5 Å². The van der Waals surface area contributed by atoms with E-state index in [0.29, 0.717) is 4.47 Å². The predicted molar refractivity (Wildman–Crippen MR) is 42.5 cm³/mol. The van der Waals surface area contributed by atoms with Gasteiger partial charge in [0.05, 0.1) is 5.02 Å². The summed E-state index contributed by atoms with van der Waals surface area (Å²) < 4.78 is 13.1. The summed E-state index contributed by atoms with van der Waals surface area (Å²) in [6.45, 7) is 5.36. The minimum Gasteiger partial charge on any atom is -0.205 e. The number of rotatable bonds is 0. The highest BCUT2D eigenvalue weighted by Crippen LogP contribution is 2.25. The monoisotopic (exact) mass is 220 g/mol. The van der Waals surface area contributed by atoms with Crippen LogP contribution in [0, 0.1) is 12.7 Å². The Balaban J connectivity index is 3.34. The minimum atomic E-state index is -0.498. The molecule has 2 radical (unpaired) electrons. The van der Waals surface area contributed by atoms with Crippen molar-refractivity contribution < 1.29 is 4.39 Å². The molecule has 0 aliphatic carbocycles. The summed E-state index contributed by atoms with van der Waals surface area (Å²) in [4.78, 5) is 0. The number of hydrogen-bond acceptors (Lipinski definition) is 0. The highest BCUT2D eigenvalue weighted by atomic mass is 79.9. The molecule has 1 aromatic carbocycles. The van der Waals surface area contributed by atoms with Crippen LogP contribution in [0.25, 0.3) is 0 Å². The third kappa shape index (κ3) is 1.32. The van der Waals surface area contributed by atoms with Crippen LogP contribution in [0.2, 0.25) is 5.02 Å². The summed E-state index contributed by atoms with van der Waals surface area (Å²) >= 11 is 8.56. The van der Waals surface area contributed by atoms with Crippen LogP contribution in [-0.4, -0.2) is 0 Å². The van der Waals surface area contributed by atoms with Crippen LogP contribution in [0.3, 0.4) is 0 Å². The minimum absolute atomic E-state index is 0.0330. The lowest BCUT2D eigenvalue weighted by Gasteiger charge is -1.99. The van der Waals surface area contributed by atoms with Gasteiger partial charge in [0.25, 0.3) is 0 Å². The van der Waals surface area contributed by atoms with E-state index < -0.39 is 5.82 Å². The highest BCUT2D eigenvalue weighted by Gasteiger charge is 2.04. The van der Waals surface area contributed by atoms with E-state index >= 15 is 0 Å². The van der Waals surface area contributed by atoms with Gasteiger partial charge in [-0.3, -0.25) is 0 Å². The van der Waals surface area contributed by atoms with E-state index in [1.807, 2.05) is 0 Å². The molecule has 52 valence electrons. The van der Waals surface area contributed by atoms with Crippen LogP contribution in [-0.2, 0) is 0 Å². The maximum absolute atomic E-state index is 12.5. The second-order valence-corrected chi connectivity index (χ2v) is 2.99. The summed E-state index contributed by atoms with van der Waals surface area (Å²) in [5.74, 6) is -0.498. The first-order valence-corrected chi connectivity index (χ1v) is 3.69. The molecule has 0 saturated carbocycles. The van der Waals surface area contributed by atoms with E-state index in [4.69, 9.17) is 18.5 Å². The maximum atomic E-state index is 12.5.